The van der Waals surface area contributed by atoms with Gasteiger partial charge in [0.15, 0.2) is 0 Å². The Morgan fingerprint density at radius 2 is 1.56 bits per heavy atom. The van der Waals surface area contributed by atoms with E-state index in [4.69, 9.17) is 0 Å². The zero-order valence-corrected chi connectivity index (χ0v) is 21.3. The summed E-state index contributed by atoms with van der Waals surface area (Å²) >= 11 is 0. The Hall–Kier alpha value is -3.32. The molecule has 0 bridgehead atoms. The molecule has 1 aliphatic heterocycles. The number of fused-ring (bicyclic) bond motifs is 2. The van der Waals surface area contributed by atoms with Crippen LogP contribution < -0.4 is 10.2 Å². The van der Waals surface area contributed by atoms with E-state index in [-0.39, 0.29) is 17.9 Å². The minimum Gasteiger partial charge on any atom is -0.353 e. The summed E-state index contributed by atoms with van der Waals surface area (Å²) in [5.74, 6) is 6.69. The minimum atomic E-state index is 0.0786. The maximum absolute atomic E-state index is 13.3. The molecular formula is C32H38N2O2. The second-order valence-corrected chi connectivity index (χ2v) is 9.93. The standard InChI is InChI=1S/C32H38N2O2/c35-31(33-29-18-7-5-3-1-2-4-6-8-19-29)21-13-14-22-32(36)34-25-28-17-10-9-15-26(28)23-24-27-16-11-12-20-30(27)34/h5,7,9-12,15-17,20,29H,1-4,6,8,13-14,18-19,21-22,25H2,(H,33,35)/b7-5-. The molecule has 2 aromatic carbocycles. The number of hydrogen-bond donors (Lipinski definition) is 1. The van der Waals surface area contributed by atoms with Gasteiger partial charge in [0.05, 0.1) is 12.2 Å². The number of amides is 2. The maximum atomic E-state index is 13.3. The lowest BCUT2D eigenvalue weighted by Gasteiger charge is -2.26. The van der Waals surface area contributed by atoms with E-state index in [0.717, 1.165) is 41.6 Å². The van der Waals surface area contributed by atoms with Crippen LogP contribution in [0.5, 0.6) is 0 Å². The molecule has 1 unspecified atom stereocenters. The van der Waals surface area contributed by atoms with Crippen molar-refractivity contribution in [3.63, 3.8) is 0 Å². The Labute approximate surface area is 216 Å². The Bertz CT molecular complexity index is 1120. The Morgan fingerprint density at radius 1 is 0.833 bits per heavy atom. The first-order valence-electron chi connectivity index (χ1n) is 13.6. The number of hydrogen-bond acceptors (Lipinski definition) is 2. The average molecular weight is 483 g/mol. The van der Waals surface area contributed by atoms with Crippen LogP contribution in [0.4, 0.5) is 5.69 Å². The Balaban J connectivity index is 1.29. The van der Waals surface area contributed by atoms with Gasteiger partial charge >= 0.3 is 0 Å². The molecule has 0 fully saturated rings. The van der Waals surface area contributed by atoms with Crippen molar-refractivity contribution in [1.82, 2.24) is 5.32 Å². The van der Waals surface area contributed by atoms with E-state index in [1.807, 2.05) is 53.4 Å². The van der Waals surface area contributed by atoms with Crippen LogP contribution in [0.1, 0.15) is 93.7 Å². The molecular weight excluding hydrogens is 444 g/mol. The number of nitrogens with zero attached hydrogens (tertiary/aromatic N) is 1. The highest BCUT2D eigenvalue weighted by molar-refractivity contribution is 5.95. The van der Waals surface area contributed by atoms with E-state index in [2.05, 4.69) is 29.3 Å². The van der Waals surface area contributed by atoms with E-state index in [1.165, 1.54) is 32.1 Å². The fourth-order valence-corrected chi connectivity index (χ4v) is 5.01. The second-order valence-electron chi connectivity index (χ2n) is 9.93. The van der Waals surface area contributed by atoms with Crippen LogP contribution in [0.15, 0.2) is 60.7 Å². The molecule has 1 atom stereocenters. The molecule has 0 aromatic heterocycles. The van der Waals surface area contributed by atoms with E-state index < -0.39 is 0 Å². The molecule has 0 saturated carbocycles. The number of para-hydroxylation sites is 1. The van der Waals surface area contributed by atoms with Crippen LogP contribution in [0.25, 0.3) is 0 Å². The van der Waals surface area contributed by atoms with E-state index in [9.17, 15) is 9.59 Å². The summed E-state index contributed by atoms with van der Waals surface area (Å²) in [6.45, 7) is 0.510. The van der Waals surface area contributed by atoms with Crippen LogP contribution in [0, 0.1) is 11.8 Å². The van der Waals surface area contributed by atoms with Gasteiger partial charge < -0.3 is 10.2 Å². The average Bonchev–Trinajstić information content (AvgIpc) is 2.94. The zero-order chi connectivity index (χ0) is 25.0. The quantitative estimate of drug-likeness (QED) is 0.284. The van der Waals surface area contributed by atoms with Crippen molar-refractivity contribution in [2.45, 2.75) is 89.6 Å². The first-order valence-corrected chi connectivity index (χ1v) is 13.6. The molecule has 4 rings (SSSR count). The van der Waals surface area contributed by atoms with Gasteiger partial charge in [-0.1, -0.05) is 80.0 Å². The third-order valence-electron chi connectivity index (χ3n) is 7.09. The molecule has 36 heavy (non-hydrogen) atoms. The van der Waals surface area contributed by atoms with Crippen molar-refractivity contribution in [2.24, 2.45) is 0 Å². The lowest BCUT2D eigenvalue weighted by molar-refractivity contribution is -0.122. The summed E-state index contributed by atoms with van der Waals surface area (Å²) in [6, 6.07) is 16.1. The number of carbonyl (C=O) groups is 2. The summed E-state index contributed by atoms with van der Waals surface area (Å²) in [7, 11) is 0. The predicted molar refractivity (Wildman–Crippen MR) is 147 cm³/mol. The maximum Gasteiger partial charge on any atom is 0.227 e. The monoisotopic (exact) mass is 482 g/mol. The lowest BCUT2D eigenvalue weighted by Crippen LogP contribution is -2.34. The number of allylic oxidation sites excluding steroid dienone is 1. The molecule has 1 N–H and O–H groups in total. The zero-order valence-electron chi connectivity index (χ0n) is 21.3. The largest absolute Gasteiger partial charge is 0.353 e. The molecule has 188 valence electrons. The first-order chi connectivity index (χ1) is 17.7. The fraction of sp³-hybridized carbons (Fsp3) is 0.438. The number of benzene rings is 2. The van der Waals surface area contributed by atoms with Gasteiger partial charge in [0, 0.05) is 30.0 Å². The third kappa shape index (κ3) is 7.59. The summed E-state index contributed by atoms with van der Waals surface area (Å²) in [5, 5.41) is 3.25. The highest BCUT2D eigenvalue weighted by atomic mass is 16.2. The lowest BCUT2D eigenvalue weighted by atomic mass is 10.0. The number of anilines is 1. The molecule has 2 amide bonds. The van der Waals surface area contributed by atoms with Gasteiger partial charge in [-0.15, -0.1) is 0 Å². The van der Waals surface area contributed by atoms with Gasteiger partial charge in [0.25, 0.3) is 0 Å². The first kappa shape index (κ1) is 25.8. The number of rotatable bonds is 6. The summed E-state index contributed by atoms with van der Waals surface area (Å²) < 4.78 is 0. The van der Waals surface area contributed by atoms with Crippen molar-refractivity contribution in [3.8, 4) is 11.8 Å². The van der Waals surface area contributed by atoms with Crippen LogP contribution in [-0.4, -0.2) is 17.9 Å². The topological polar surface area (TPSA) is 49.4 Å². The molecule has 0 radical (unpaired) electrons. The van der Waals surface area contributed by atoms with Crippen molar-refractivity contribution in [3.05, 3.63) is 77.4 Å². The molecule has 0 spiro atoms. The van der Waals surface area contributed by atoms with Crippen molar-refractivity contribution < 1.29 is 9.59 Å². The molecule has 0 saturated heterocycles. The minimum absolute atomic E-state index is 0.0786. The van der Waals surface area contributed by atoms with Gasteiger partial charge in [0.2, 0.25) is 11.8 Å². The SMILES string of the molecule is O=C(CCCCC(=O)N1Cc2ccccc2C#Cc2ccccc21)NC1C/C=C\CCCCCCC1. The van der Waals surface area contributed by atoms with Crippen molar-refractivity contribution in [2.75, 3.05) is 4.90 Å². The van der Waals surface area contributed by atoms with Crippen LogP contribution in [0.3, 0.4) is 0 Å². The molecule has 2 aromatic rings. The fourth-order valence-electron chi connectivity index (χ4n) is 5.01. The summed E-state index contributed by atoms with van der Waals surface area (Å²) in [5.41, 5.74) is 3.76. The van der Waals surface area contributed by atoms with Crippen LogP contribution in [-0.2, 0) is 16.1 Å². The number of unbranched alkanes of at least 4 members (excludes halogenated alkanes) is 1. The third-order valence-corrected chi connectivity index (χ3v) is 7.09. The Kier molecular flexibility index (Phi) is 9.79. The molecule has 2 aliphatic rings. The van der Waals surface area contributed by atoms with Gasteiger partial charge in [-0.05, 0) is 62.3 Å². The number of carbonyl (C=O) groups excluding carboxylic acids is 2. The molecule has 1 aliphatic carbocycles. The van der Waals surface area contributed by atoms with Gasteiger partial charge in [-0.2, -0.15) is 0 Å². The summed E-state index contributed by atoms with van der Waals surface area (Å²) in [6.07, 6.45) is 16.2. The van der Waals surface area contributed by atoms with E-state index in [1.54, 1.807) is 0 Å². The highest BCUT2D eigenvalue weighted by Gasteiger charge is 2.21. The molecule has 4 heteroatoms. The molecule has 4 nitrogen and oxygen atoms in total. The van der Waals surface area contributed by atoms with Gasteiger partial charge in [-0.3, -0.25) is 9.59 Å². The Morgan fingerprint density at radius 3 is 2.47 bits per heavy atom. The smallest absolute Gasteiger partial charge is 0.227 e. The van der Waals surface area contributed by atoms with Crippen LogP contribution in [0.2, 0.25) is 0 Å². The summed E-state index contributed by atoms with van der Waals surface area (Å²) in [4.78, 5) is 27.8. The van der Waals surface area contributed by atoms with Gasteiger partial charge in [0.1, 0.15) is 0 Å². The van der Waals surface area contributed by atoms with Crippen molar-refractivity contribution in [1.29, 1.82) is 0 Å². The predicted octanol–water partition coefficient (Wildman–Crippen LogP) is 6.67. The molecule has 1 heterocycles. The number of nitrogens with one attached hydrogen (secondary N) is 1. The van der Waals surface area contributed by atoms with E-state index in [0.29, 0.717) is 32.2 Å². The normalized spacial score (nSPS) is 18.7. The van der Waals surface area contributed by atoms with Crippen molar-refractivity contribution >= 4 is 17.5 Å². The van der Waals surface area contributed by atoms with Gasteiger partial charge in [-0.25, -0.2) is 0 Å². The van der Waals surface area contributed by atoms with Crippen LogP contribution >= 0.6 is 0 Å². The van der Waals surface area contributed by atoms with E-state index >= 15 is 0 Å². The second kappa shape index (κ2) is 13.7. The highest BCUT2D eigenvalue weighted by Crippen LogP contribution is 2.26.